The third-order valence-electron chi connectivity index (χ3n) is 3.67. The maximum atomic E-state index is 11.7. The van der Waals surface area contributed by atoms with E-state index < -0.39 is 11.6 Å². The first-order chi connectivity index (χ1) is 11.3. The lowest BCUT2D eigenvalue weighted by Crippen LogP contribution is -2.49. The predicted molar refractivity (Wildman–Crippen MR) is 91.3 cm³/mol. The molecular formula is C15H25N4O4S+. The fraction of sp³-hybridized carbons (Fsp3) is 0.733. The summed E-state index contributed by atoms with van der Waals surface area (Å²) in [5.74, 6) is 0.944. The van der Waals surface area contributed by atoms with E-state index >= 15 is 0 Å². The van der Waals surface area contributed by atoms with Crippen molar-refractivity contribution < 1.29 is 19.4 Å². The fourth-order valence-corrected chi connectivity index (χ4v) is 3.00. The molecule has 1 aliphatic rings. The maximum Gasteiger partial charge on any atom is 0.270 e. The fourth-order valence-electron chi connectivity index (χ4n) is 2.48. The number of rotatable bonds is 7. The van der Waals surface area contributed by atoms with Crippen molar-refractivity contribution in [2.45, 2.75) is 32.4 Å². The maximum absolute atomic E-state index is 11.7. The van der Waals surface area contributed by atoms with Crippen LogP contribution in [0.5, 0.6) is 5.88 Å². The topological polar surface area (TPSA) is 88.0 Å². The number of β-amino-alcohol motifs (C(OH)–C–C–N with tert-alkyl or cyclic N) is 1. The summed E-state index contributed by atoms with van der Waals surface area (Å²) in [4.78, 5) is 15.3. The van der Waals surface area contributed by atoms with E-state index in [2.05, 4.69) is 20.6 Å². The zero-order chi connectivity index (χ0) is 17.7. The van der Waals surface area contributed by atoms with E-state index in [0.717, 1.165) is 24.8 Å². The smallest absolute Gasteiger partial charge is 0.270 e. The zero-order valence-electron chi connectivity index (χ0n) is 14.4. The van der Waals surface area contributed by atoms with Crippen LogP contribution < -0.4 is 9.64 Å². The van der Waals surface area contributed by atoms with Gasteiger partial charge in [-0.05, 0) is 0 Å². The number of hydrogen-bond acceptors (Lipinski definition) is 8. The van der Waals surface area contributed by atoms with Gasteiger partial charge in [0.1, 0.15) is 12.7 Å². The second kappa shape index (κ2) is 8.00. The van der Waals surface area contributed by atoms with Crippen LogP contribution in [0.3, 0.4) is 0 Å². The predicted octanol–water partition coefficient (Wildman–Crippen LogP) is 0.576. The largest absolute Gasteiger partial charge is 0.472 e. The Kier molecular flexibility index (Phi) is 6.25. The average Bonchev–Trinajstić information content (AvgIpc) is 2.98. The normalized spacial score (nSPS) is 16.8. The SMILES string of the molecule is [CH2+]C(C)(C)N(C[C@H](O)COc1nsnc1N1CCOCC1)C(C)=O. The summed E-state index contributed by atoms with van der Waals surface area (Å²) >= 11 is 1.07. The molecule has 1 saturated heterocycles. The van der Waals surface area contributed by atoms with Crippen molar-refractivity contribution >= 4 is 23.5 Å². The summed E-state index contributed by atoms with van der Waals surface area (Å²) in [6.07, 6.45) is -0.839. The molecule has 0 unspecified atom stereocenters. The first kappa shape index (κ1) is 18.8. The van der Waals surface area contributed by atoms with Crippen molar-refractivity contribution in [3.8, 4) is 5.88 Å². The van der Waals surface area contributed by atoms with Gasteiger partial charge in [0, 0.05) is 33.9 Å². The molecule has 1 aromatic heterocycles. The summed E-state index contributed by atoms with van der Waals surface area (Å²) in [7, 11) is 0. The molecule has 9 heteroatoms. The number of anilines is 1. The summed E-state index contributed by atoms with van der Waals surface area (Å²) in [6, 6.07) is 0. The molecule has 8 nitrogen and oxygen atoms in total. The molecule has 0 radical (unpaired) electrons. The third-order valence-corrected chi connectivity index (χ3v) is 4.17. The van der Waals surface area contributed by atoms with Crippen LogP contribution in [0.25, 0.3) is 0 Å². The number of carbonyl (C=O) groups excluding carboxylic acids is 1. The number of carbonyl (C=O) groups is 1. The second-order valence-electron chi connectivity index (χ2n) is 6.40. The Hall–Kier alpha value is -1.58. The lowest BCUT2D eigenvalue weighted by Gasteiger charge is -2.31. The Morgan fingerprint density at radius 2 is 2.17 bits per heavy atom. The Bertz CT molecular complexity index is 540. The van der Waals surface area contributed by atoms with Crippen molar-refractivity contribution in [1.29, 1.82) is 0 Å². The first-order valence-corrected chi connectivity index (χ1v) is 8.61. The zero-order valence-corrected chi connectivity index (χ0v) is 15.2. The molecule has 1 fully saturated rings. The lowest BCUT2D eigenvalue weighted by molar-refractivity contribution is -0.134. The lowest BCUT2D eigenvalue weighted by atomic mass is 10.1. The Labute approximate surface area is 146 Å². The van der Waals surface area contributed by atoms with Crippen LogP contribution in [0, 0.1) is 6.92 Å². The molecule has 0 aliphatic carbocycles. The molecule has 1 N–H and O–H groups in total. The summed E-state index contributed by atoms with van der Waals surface area (Å²) < 4.78 is 19.4. The molecule has 0 spiro atoms. The van der Waals surface area contributed by atoms with Gasteiger partial charge in [0.05, 0.1) is 38.4 Å². The Morgan fingerprint density at radius 3 is 2.75 bits per heavy atom. The standard InChI is InChI=1S/C15H25N4O4S/c1-11(20)19(15(2,3)4)9-12(21)10-23-14-13(16-24-17-14)18-5-7-22-8-6-18/h12,21H,2,5-10H2,1,3-4H3/q+1/t12-/m0/s1. The molecule has 134 valence electrons. The molecule has 2 rings (SSSR count). The van der Waals surface area contributed by atoms with Gasteiger partial charge in [0.25, 0.3) is 5.88 Å². The molecule has 1 aromatic rings. The van der Waals surface area contributed by atoms with Crippen LogP contribution in [0.1, 0.15) is 20.8 Å². The molecule has 24 heavy (non-hydrogen) atoms. The van der Waals surface area contributed by atoms with Gasteiger partial charge in [-0.25, -0.2) is 0 Å². The molecule has 1 aliphatic heterocycles. The molecule has 0 bridgehead atoms. The molecule has 1 atom stereocenters. The van der Waals surface area contributed by atoms with Crippen LogP contribution in [0.15, 0.2) is 0 Å². The van der Waals surface area contributed by atoms with Crippen LogP contribution >= 0.6 is 11.7 Å². The van der Waals surface area contributed by atoms with Gasteiger partial charge in [0.15, 0.2) is 5.54 Å². The van der Waals surface area contributed by atoms with Crippen molar-refractivity contribution in [2.24, 2.45) is 0 Å². The van der Waals surface area contributed by atoms with Crippen molar-refractivity contribution in [1.82, 2.24) is 13.6 Å². The second-order valence-corrected chi connectivity index (χ2v) is 6.93. The van der Waals surface area contributed by atoms with E-state index in [-0.39, 0.29) is 19.1 Å². The molecule has 0 aromatic carbocycles. The van der Waals surface area contributed by atoms with E-state index in [1.807, 2.05) is 13.8 Å². The van der Waals surface area contributed by atoms with Crippen LogP contribution in [-0.2, 0) is 9.53 Å². The molecular weight excluding hydrogens is 332 g/mol. The minimum absolute atomic E-state index is 0.0304. The van der Waals surface area contributed by atoms with E-state index in [0.29, 0.717) is 24.9 Å². The van der Waals surface area contributed by atoms with Gasteiger partial charge >= 0.3 is 0 Å². The van der Waals surface area contributed by atoms with Crippen LogP contribution in [0.2, 0.25) is 0 Å². The number of aliphatic hydroxyl groups is 1. The van der Waals surface area contributed by atoms with E-state index in [9.17, 15) is 9.90 Å². The van der Waals surface area contributed by atoms with Gasteiger partial charge in [-0.2, -0.15) is 4.37 Å². The first-order valence-electron chi connectivity index (χ1n) is 7.88. The molecule has 2 heterocycles. The van der Waals surface area contributed by atoms with Crippen molar-refractivity contribution in [3.63, 3.8) is 0 Å². The van der Waals surface area contributed by atoms with E-state index in [1.54, 1.807) is 0 Å². The quantitative estimate of drug-likeness (QED) is 0.714. The highest BCUT2D eigenvalue weighted by Gasteiger charge is 2.32. The number of nitrogens with zero attached hydrogens (tertiary/aromatic N) is 4. The van der Waals surface area contributed by atoms with Crippen LogP contribution in [-0.4, -0.2) is 75.8 Å². The minimum Gasteiger partial charge on any atom is -0.472 e. The highest BCUT2D eigenvalue weighted by atomic mass is 32.1. The number of aliphatic hydroxyl groups excluding tert-OH is 1. The number of ether oxygens (including phenoxy) is 2. The molecule has 1 amide bonds. The number of amides is 1. The molecule has 0 saturated carbocycles. The Balaban J connectivity index is 1.91. The summed E-state index contributed by atoms with van der Waals surface area (Å²) in [5.41, 5.74) is -0.603. The van der Waals surface area contributed by atoms with E-state index in [4.69, 9.17) is 9.47 Å². The highest BCUT2D eigenvalue weighted by Crippen LogP contribution is 2.26. The van der Waals surface area contributed by atoms with Gasteiger partial charge in [-0.3, -0.25) is 9.69 Å². The summed E-state index contributed by atoms with van der Waals surface area (Å²) in [5, 5.41) is 10.2. The van der Waals surface area contributed by atoms with Gasteiger partial charge in [0.2, 0.25) is 11.7 Å². The minimum atomic E-state index is -0.839. The van der Waals surface area contributed by atoms with Crippen molar-refractivity contribution in [3.05, 3.63) is 6.92 Å². The number of morpholine rings is 1. The van der Waals surface area contributed by atoms with Gasteiger partial charge in [-0.15, -0.1) is 4.37 Å². The summed E-state index contributed by atoms with van der Waals surface area (Å²) in [6.45, 7) is 12.0. The van der Waals surface area contributed by atoms with E-state index in [1.165, 1.54) is 11.8 Å². The Morgan fingerprint density at radius 1 is 1.50 bits per heavy atom. The van der Waals surface area contributed by atoms with Crippen molar-refractivity contribution in [2.75, 3.05) is 44.4 Å². The number of hydrogen-bond donors (Lipinski definition) is 1. The third kappa shape index (κ3) is 4.96. The number of aromatic nitrogens is 2. The van der Waals surface area contributed by atoms with Gasteiger partial charge < -0.3 is 19.5 Å². The van der Waals surface area contributed by atoms with Crippen LogP contribution in [0.4, 0.5) is 5.82 Å². The average molecular weight is 357 g/mol. The van der Waals surface area contributed by atoms with Gasteiger partial charge in [-0.1, -0.05) is 0 Å². The highest BCUT2D eigenvalue weighted by molar-refractivity contribution is 6.99. The monoisotopic (exact) mass is 357 g/mol.